The van der Waals surface area contributed by atoms with Gasteiger partial charge in [0.25, 0.3) is 0 Å². The molecule has 0 aliphatic rings. The Morgan fingerprint density at radius 2 is 1.44 bits per heavy atom. The first-order valence-electron chi connectivity index (χ1n) is 11.9. The highest BCUT2D eigenvalue weighted by molar-refractivity contribution is 5.94. The average molecular weight is 510 g/mol. The molecule has 202 valence electrons. The largest absolute Gasteiger partial charge is 0.508 e. The van der Waals surface area contributed by atoms with E-state index in [0.717, 1.165) is 0 Å². The number of unbranched alkanes of at least 4 members (excludes halogenated alkanes) is 1. The molecule has 0 saturated heterocycles. The van der Waals surface area contributed by atoms with Gasteiger partial charge in [-0.05, 0) is 49.9 Å². The quantitative estimate of drug-likeness (QED) is 0.135. The van der Waals surface area contributed by atoms with E-state index in [0.29, 0.717) is 31.4 Å². The molecule has 0 aromatic heterocycles. The van der Waals surface area contributed by atoms with Gasteiger partial charge in [-0.2, -0.15) is 0 Å². The minimum absolute atomic E-state index is 0.00913. The zero-order valence-corrected chi connectivity index (χ0v) is 20.9. The lowest BCUT2D eigenvalue weighted by Crippen LogP contribution is -2.61. The maximum absolute atomic E-state index is 13.0. The number of aromatic hydroxyl groups is 1. The number of carboxylic acids is 1. The van der Waals surface area contributed by atoms with E-state index in [1.54, 1.807) is 13.8 Å². The van der Waals surface area contributed by atoms with Crippen LogP contribution in [0.15, 0.2) is 24.3 Å². The molecule has 0 fully saturated rings. The Bertz CT molecular complexity index is 876. The highest BCUT2D eigenvalue weighted by atomic mass is 16.4. The van der Waals surface area contributed by atoms with E-state index in [9.17, 15) is 34.5 Å². The molecule has 1 rings (SSSR count). The molecule has 0 radical (unpaired) electrons. The highest BCUT2D eigenvalue weighted by Gasteiger charge is 2.33. The number of nitrogens with two attached hydrogens (primary N) is 2. The molecule has 0 bridgehead atoms. The molecule has 12 nitrogen and oxygen atoms in total. The Balaban J connectivity index is 2.89. The van der Waals surface area contributed by atoms with E-state index >= 15 is 0 Å². The van der Waals surface area contributed by atoms with E-state index in [4.69, 9.17) is 11.5 Å². The zero-order chi connectivity index (χ0) is 27.4. The molecule has 5 atom stereocenters. The molecule has 0 heterocycles. The fraction of sp³-hybridized carbons (Fsp3) is 0.583. The number of carboxylic acid groups (broad SMARTS) is 1. The van der Waals surface area contributed by atoms with Crippen molar-refractivity contribution < 1.29 is 34.5 Å². The summed E-state index contributed by atoms with van der Waals surface area (Å²) in [6, 6.07) is 1.10. The van der Waals surface area contributed by atoms with Crippen molar-refractivity contribution in [1.82, 2.24) is 16.0 Å². The molecular weight excluding hydrogens is 470 g/mol. The first-order chi connectivity index (χ1) is 16.9. The van der Waals surface area contributed by atoms with Crippen LogP contribution in [0.5, 0.6) is 5.75 Å². The van der Waals surface area contributed by atoms with Crippen LogP contribution >= 0.6 is 0 Å². The summed E-state index contributed by atoms with van der Waals surface area (Å²) >= 11 is 0. The van der Waals surface area contributed by atoms with Crippen molar-refractivity contribution in [2.45, 2.75) is 76.7 Å². The smallest absolute Gasteiger partial charge is 0.326 e. The van der Waals surface area contributed by atoms with Crippen molar-refractivity contribution in [3.63, 3.8) is 0 Å². The van der Waals surface area contributed by atoms with Gasteiger partial charge >= 0.3 is 5.97 Å². The molecule has 1 aromatic carbocycles. The van der Waals surface area contributed by atoms with E-state index in [1.165, 1.54) is 31.2 Å². The van der Waals surface area contributed by atoms with Gasteiger partial charge in [0.15, 0.2) is 0 Å². The summed E-state index contributed by atoms with van der Waals surface area (Å²) in [7, 11) is 0. The van der Waals surface area contributed by atoms with Gasteiger partial charge in [0.2, 0.25) is 17.7 Å². The average Bonchev–Trinajstić information content (AvgIpc) is 2.80. The molecule has 12 heteroatoms. The summed E-state index contributed by atoms with van der Waals surface area (Å²) in [6.07, 6.45) is 0.312. The third-order valence-electron chi connectivity index (χ3n) is 5.61. The number of benzene rings is 1. The molecular formula is C24H39N5O7. The third kappa shape index (κ3) is 10.2. The standard InChI is InChI=1S/C24H39N5O7/c1-13(2)19(28-21(32)17(26)6-4-5-11-25)22(33)29-20(14(3)30)23(34)27-18(24(35)36)12-15-7-9-16(31)10-8-15/h7-10,13-14,17-20,30-31H,4-6,11-12,25-26H2,1-3H3,(H,27,34)(H,28,32)(H,29,33)(H,35,36). The van der Waals surface area contributed by atoms with Gasteiger partial charge in [-0.1, -0.05) is 32.4 Å². The molecule has 0 saturated carbocycles. The number of phenolic OH excluding ortho intramolecular Hbond substituents is 1. The first kappa shape index (κ1) is 30.8. The van der Waals surface area contributed by atoms with E-state index in [2.05, 4.69) is 16.0 Å². The van der Waals surface area contributed by atoms with Crippen LogP contribution in [0.4, 0.5) is 0 Å². The fourth-order valence-corrected chi connectivity index (χ4v) is 3.41. The van der Waals surface area contributed by atoms with Crippen LogP contribution in [0.2, 0.25) is 0 Å². The van der Waals surface area contributed by atoms with E-state index < -0.39 is 54.0 Å². The lowest BCUT2D eigenvalue weighted by Gasteiger charge is -2.28. The number of phenols is 1. The van der Waals surface area contributed by atoms with E-state index in [-0.39, 0.29) is 18.1 Å². The van der Waals surface area contributed by atoms with Crippen LogP contribution in [0.3, 0.4) is 0 Å². The third-order valence-corrected chi connectivity index (χ3v) is 5.61. The number of amides is 3. The predicted octanol–water partition coefficient (Wildman–Crippen LogP) is -1.03. The van der Waals surface area contributed by atoms with Crippen LogP contribution in [0.25, 0.3) is 0 Å². The molecule has 0 spiro atoms. The van der Waals surface area contributed by atoms with Gasteiger partial charge in [-0.3, -0.25) is 14.4 Å². The van der Waals surface area contributed by atoms with Gasteiger partial charge in [-0.15, -0.1) is 0 Å². The molecule has 5 unspecified atom stereocenters. The van der Waals surface area contributed by atoms with E-state index in [1.807, 2.05) is 0 Å². The van der Waals surface area contributed by atoms with Gasteiger partial charge in [0, 0.05) is 6.42 Å². The number of hydrogen-bond donors (Lipinski definition) is 8. The van der Waals surface area contributed by atoms with Crippen molar-refractivity contribution in [3.05, 3.63) is 29.8 Å². The molecule has 10 N–H and O–H groups in total. The number of carbonyl (C=O) groups is 4. The van der Waals surface area contributed by atoms with Gasteiger partial charge in [0.05, 0.1) is 12.1 Å². The Hall–Kier alpha value is -3.22. The maximum Gasteiger partial charge on any atom is 0.326 e. The predicted molar refractivity (Wildman–Crippen MR) is 133 cm³/mol. The second-order valence-electron chi connectivity index (χ2n) is 9.12. The van der Waals surface area contributed by atoms with Crippen LogP contribution < -0.4 is 27.4 Å². The number of nitrogens with one attached hydrogen (secondary N) is 3. The zero-order valence-electron chi connectivity index (χ0n) is 20.9. The van der Waals surface area contributed by atoms with Crippen molar-refractivity contribution in [2.75, 3.05) is 6.54 Å². The molecule has 36 heavy (non-hydrogen) atoms. The molecule has 3 amide bonds. The van der Waals surface area contributed by atoms with Crippen molar-refractivity contribution in [3.8, 4) is 5.75 Å². The molecule has 0 aliphatic carbocycles. The number of hydrogen-bond acceptors (Lipinski definition) is 8. The maximum atomic E-state index is 13.0. The first-order valence-corrected chi connectivity index (χ1v) is 11.9. The lowest BCUT2D eigenvalue weighted by molar-refractivity contribution is -0.143. The van der Waals surface area contributed by atoms with Crippen molar-refractivity contribution in [2.24, 2.45) is 17.4 Å². The summed E-state index contributed by atoms with van der Waals surface area (Å²) in [6.45, 7) is 5.14. The van der Waals surface area contributed by atoms with Crippen LogP contribution in [-0.4, -0.2) is 75.8 Å². The summed E-state index contributed by atoms with van der Waals surface area (Å²) in [4.78, 5) is 50.0. The molecule has 1 aromatic rings. The summed E-state index contributed by atoms with van der Waals surface area (Å²) in [5.41, 5.74) is 11.9. The topological polar surface area (TPSA) is 217 Å². The second-order valence-corrected chi connectivity index (χ2v) is 9.12. The van der Waals surface area contributed by atoms with Crippen molar-refractivity contribution >= 4 is 23.7 Å². The van der Waals surface area contributed by atoms with Gasteiger partial charge in [0.1, 0.15) is 23.9 Å². The number of carbonyl (C=O) groups excluding carboxylic acids is 3. The summed E-state index contributed by atoms with van der Waals surface area (Å²) < 4.78 is 0. The second kappa shape index (κ2) is 15.0. The number of rotatable bonds is 15. The van der Waals surface area contributed by atoms with Crippen LogP contribution in [0.1, 0.15) is 45.6 Å². The molecule has 0 aliphatic heterocycles. The highest BCUT2D eigenvalue weighted by Crippen LogP contribution is 2.12. The summed E-state index contributed by atoms with van der Waals surface area (Å²) in [5.74, 6) is -3.84. The normalized spacial score (nSPS) is 15.3. The Labute approximate surface area is 210 Å². The Morgan fingerprint density at radius 1 is 0.889 bits per heavy atom. The fourth-order valence-electron chi connectivity index (χ4n) is 3.41. The Kier molecular flexibility index (Phi) is 12.9. The lowest BCUT2D eigenvalue weighted by atomic mass is 10.0. The van der Waals surface area contributed by atoms with Gasteiger partial charge in [-0.25, -0.2) is 4.79 Å². The van der Waals surface area contributed by atoms with Gasteiger partial charge < -0.3 is 42.7 Å². The Morgan fingerprint density at radius 3 is 1.94 bits per heavy atom. The van der Waals surface area contributed by atoms with Crippen LogP contribution in [-0.2, 0) is 25.6 Å². The number of aliphatic hydroxyl groups is 1. The summed E-state index contributed by atoms with van der Waals surface area (Å²) in [5, 5.41) is 36.4. The SMILES string of the molecule is CC(C)C(NC(=O)C(N)CCCCN)C(=O)NC(C(=O)NC(Cc1ccc(O)cc1)C(=O)O)C(C)O. The van der Waals surface area contributed by atoms with Crippen LogP contribution in [0, 0.1) is 5.92 Å². The number of aliphatic hydroxyl groups excluding tert-OH is 1. The number of aliphatic carboxylic acids is 1. The monoisotopic (exact) mass is 509 g/mol. The minimum atomic E-state index is -1.48. The van der Waals surface area contributed by atoms with Crippen molar-refractivity contribution in [1.29, 1.82) is 0 Å². The minimum Gasteiger partial charge on any atom is -0.508 e.